The van der Waals surface area contributed by atoms with Crippen LogP contribution in [0.5, 0.6) is 0 Å². The molecule has 0 bridgehead atoms. The minimum Gasteiger partial charge on any atom is -0.384 e. The van der Waals surface area contributed by atoms with Crippen molar-refractivity contribution in [1.82, 2.24) is 0 Å². The van der Waals surface area contributed by atoms with Crippen LogP contribution < -0.4 is 16.8 Å². The van der Waals surface area contributed by atoms with E-state index in [0.717, 1.165) is 24.2 Å². The van der Waals surface area contributed by atoms with E-state index in [0.29, 0.717) is 5.56 Å². The molecule has 82 valence electrons. The van der Waals surface area contributed by atoms with E-state index < -0.39 is 5.91 Å². The summed E-state index contributed by atoms with van der Waals surface area (Å²) in [4.78, 5) is 11.1. The number of hydrogen-bond donors (Lipinski definition) is 3. The van der Waals surface area contributed by atoms with Crippen molar-refractivity contribution < 1.29 is 4.79 Å². The predicted octanol–water partition coefficient (Wildman–Crippen LogP) is 1.02. The number of fused-ring (bicyclic) bond motifs is 1. The fraction of sp³-hybridized carbons (Fsp3) is 0.300. The third kappa shape index (κ3) is 2.06. The van der Waals surface area contributed by atoms with Crippen LogP contribution in [0.3, 0.4) is 0 Å². The van der Waals surface area contributed by atoms with Crippen molar-refractivity contribution in [2.45, 2.75) is 12.5 Å². The van der Waals surface area contributed by atoms with E-state index in [4.69, 9.17) is 11.5 Å². The first-order valence-electron chi connectivity index (χ1n) is 4.62. The maximum Gasteiger partial charge on any atom is 0.250 e. The van der Waals surface area contributed by atoms with E-state index in [9.17, 15) is 4.79 Å². The van der Waals surface area contributed by atoms with Gasteiger partial charge in [0.25, 0.3) is 5.91 Å². The van der Waals surface area contributed by atoms with Gasteiger partial charge in [-0.2, -0.15) is 0 Å². The Bertz CT molecular complexity index is 381. The molecule has 1 aromatic rings. The zero-order valence-electron chi connectivity index (χ0n) is 8.19. The smallest absolute Gasteiger partial charge is 0.250 e. The van der Waals surface area contributed by atoms with Crippen molar-refractivity contribution in [3.8, 4) is 0 Å². The molecule has 1 heterocycles. The van der Waals surface area contributed by atoms with Crippen LogP contribution in [-0.2, 0) is 0 Å². The number of rotatable bonds is 1. The van der Waals surface area contributed by atoms with Gasteiger partial charge in [-0.25, -0.2) is 0 Å². The van der Waals surface area contributed by atoms with E-state index in [1.165, 1.54) is 0 Å². The Labute approximate surface area is 94.4 Å². The van der Waals surface area contributed by atoms with Crippen molar-refractivity contribution in [2.24, 2.45) is 11.5 Å². The highest BCUT2D eigenvalue weighted by Gasteiger charge is 2.20. The van der Waals surface area contributed by atoms with Crippen LogP contribution in [0, 0.1) is 0 Å². The minimum absolute atomic E-state index is 0. The van der Waals surface area contributed by atoms with Crippen molar-refractivity contribution in [3.05, 3.63) is 29.3 Å². The molecule has 5 heteroatoms. The lowest BCUT2D eigenvalue weighted by atomic mass is 9.95. The molecule has 0 radical (unpaired) electrons. The fourth-order valence-corrected chi connectivity index (χ4v) is 1.79. The second kappa shape index (κ2) is 4.51. The molecule has 15 heavy (non-hydrogen) atoms. The summed E-state index contributed by atoms with van der Waals surface area (Å²) < 4.78 is 0. The number of primary amides is 1. The second-order valence-corrected chi connectivity index (χ2v) is 3.46. The lowest BCUT2D eigenvalue weighted by molar-refractivity contribution is 0.100. The number of nitrogens with two attached hydrogens (primary N) is 2. The fourth-order valence-electron chi connectivity index (χ4n) is 1.79. The largest absolute Gasteiger partial charge is 0.384 e. The van der Waals surface area contributed by atoms with E-state index in [1.807, 2.05) is 12.1 Å². The van der Waals surface area contributed by atoms with Gasteiger partial charge >= 0.3 is 0 Å². The van der Waals surface area contributed by atoms with Gasteiger partial charge < -0.3 is 16.8 Å². The average molecular weight is 228 g/mol. The van der Waals surface area contributed by atoms with Gasteiger partial charge in [0.2, 0.25) is 0 Å². The van der Waals surface area contributed by atoms with Crippen LogP contribution in [0.4, 0.5) is 5.69 Å². The van der Waals surface area contributed by atoms with Crippen molar-refractivity contribution >= 4 is 24.0 Å². The van der Waals surface area contributed by atoms with Crippen LogP contribution >= 0.6 is 12.4 Å². The molecule has 1 aliphatic heterocycles. The summed E-state index contributed by atoms with van der Waals surface area (Å²) in [5, 5.41) is 3.16. The third-order valence-electron chi connectivity index (χ3n) is 2.52. The molecule has 5 N–H and O–H groups in total. The van der Waals surface area contributed by atoms with Gasteiger partial charge in [0.15, 0.2) is 0 Å². The third-order valence-corrected chi connectivity index (χ3v) is 2.52. The van der Waals surface area contributed by atoms with Gasteiger partial charge in [0.1, 0.15) is 0 Å². The summed E-state index contributed by atoms with van der Waals surface area (Å²) in [6, 6.07) is 5.46. The molecule has 0 fully saturated rings. The molecular weight excluding hydrogens is 214 g/mol. The number of halogens is 1. The highest BCUT2D eigenvalue weighted by molar-refractivity contribution is 5.99. The monoisotopic (exact) mass is 227 g/mol. The van der Waals surface area contributed by atoms with Crippen LogP contribution in [-0.4, -0.2) is 12.5 Å². The Kier molecular flexibility index (Phi) is 3.55. The lowest BCUT2D eigenvalue weighted by Gasteiger charge is -2.25. The van der Waals surface area contributed by atoms with Crippen LogP contribution in [0.15, 0.2) is 18.2 Å². The van der Waals surface area contributed by atoms with Crippen molar-refractivity contribution in [3.63, 3.8) is 0 Å². The highest BCUT2D eigenvalue weighted by atomic mass is 35.5. The zero-order chi connectivity index (χ0) is 10.1. The van der Waals surface area contributed by atoms with E-state index in [1.54, 1.807) is 6.07 Å². The number of amides is 1. The normalized spacial score (nSPS) is 18.3. The van der Waals surface area contributed by atoms with Crippen LogP contribution in [0.1, 0.15) is 28.4 Å². The molecule has 1 aromatic carbocycles. The molecule has 1 unspecified atom stereocenters. The molecule has 1 amide bonds. The standard InChI is InChI=1S/C10H13N3O.ClH/c11-8-4-5-13-9-6(8)2-1-3-7(9)10(12)14;/h1-3,8,13H,4-5,11H2,(H2,12,14);1H. The Morgan fingerprint density at radius 3 is 2.87 bits per heavy atom. The highest BCUT2D eigenvalue weighted by Crippen LogP contribution is 2.30. The van der Waals surface area contributed by atoms with E-state index in [-0.39, 0.29) is 18.4 Å². The summed E-state index contributed by atoms with van der Waals surface area (Å²) >= 11 is 0. The number of benzene rings is 1. The van der Waals surface area contributed by atoms with Gasteiger partial charge in [-0.1, -0.05) is 12.1 Å². The number of carbonyl (C=O) groups excluding carboxylic acids is 1. The van der Waals surface area contributed by atoms with Crippen LogP contribution in [0.2, 0.25) is 0 Å². The number of hydrogen-bond acceptors (Lipinski definition) is 3. The summed E-state index contributed by atoms with van der Waals surface area (Å²) in [5.41, 5.74) is 13.5. The van der Waals surface area contributed by atoms with Crippen LogP contribution in [0.25, 0.3) is 0 Å². The molecule has 4 nitrogen and oxygen atoms in total. The molecule has 1 aliphatic rings. The Morgan fingerprint density at radius 1 is 1.47 bits per heavy atom. The Hall–Kier alpha value is -1.26. The van der Waals surface area contributed by atoms with Gasteiger partial charge in [-0.3, -0.25) is 4.79 Å². The van der Waals surface area contributed by atoms with Crippen molar-refractivity contribution in [2.75, 3.05) is 11.9 Å². The summed E-state index contributed by atoms with van der Waals surface area (Å²) in [5.74, 6) is -0.413. The van der Waals surface area contributed by atoms with Crippen molar-refractivity contribution in [1.29, 1.82) is 0 Å². The number of para-hydroxylation sites is 1. The second-order valence-electron chi connectivity index (χ2n) is 3.46. The number of anilines is 1. The molecular formula is C10H14ClN3O. The van der Waals surface area contributed by atoms with Gasteiger partial charge in [-0.05, 0) is 18.1 Å². The van der Waals surface area contributed by atoms with Gasteiger partial charge in [0, 0.05) is 12.6 Å². The first kappa shape index (κ1) is 11.8. The maximum atomic E-state index is 11.1. The molecule has 0 aliphatic carbocycles. The molecule has 2 rings (SSSR count). The van der Waals surface area contributed by atoms with E-state index in [2.05, 4.69) is 5.32 Å². The summed E-state index contributed by atoms with van der Waals surface area (Å²) in [6.07, 6.45) is 0.884. The van der Waals surface area contributed by atoms with Gasteiger partial charge in [-0.15, -0.1) is 12.4 Å². The molecule has 0 saturated carbocycles. The summed E-state index contributed by atoms with van der Waals surface area (Å²) in [7, 11) is 0. The maximum absolute atomic E-state index is 11.1. The first-order valence-corrected chi connectivity index (χ1v) is 4.62. The predicted molar refractivity (Wildman–Crippen MR) is 62.2 cm³/mol. The Morgan fingerprint density at radius 2 is 2.20 bits per heavy atom. The molecule has 0 saturated heterocycles. The van der Waals surface area contributed by atoms with E-state index >= 15 is 0 Å². The summed E-state index contributed by atoms with van der Waals surface area (Å²) in [6.45, 7) is 0.790. The first-order chi connectivity index (χ1) is 6.70. The molecule has 0 aromatic heterocycles. The zero-order valence-corrected chi connectivity index (χ0v) is 9.01. The number of nitrogens with one attached hydrogen (secondary N) is 1. The SMILES string of the molecule is Cl.NC(=O)c1cccc2c1NCCC2N. The quantitative estimate of drug-likeness (QED) is 0.670. The Balaban J connectivity index is 0.00000112. The molecule has 0 spiro atoms. The average Bonchev–Trinajstić information content (AvgIpc) is 2.17. The number of carbonyl (C=O) groups is 1. The topological polar surface area (TPSA) is 81.1 Å². The lowest BCUT2D eigenvalue weighted by Crippen LogP contribution is -2.25. The molecule has 1 atom stereocenters. The minimum atomic E-state index is -0.413. The van der Waals surface area contributed by atoms with Gasteiger partial charge in [0.05, 0.1) is 11.3 Å².